The van der Waals surface area contributed by atoms with Crippen LogP contribution in [0.2, 0.25) is 0 Å². The van der Waals surface area contributed by atoms with Crippen molar-refractivity contribution in [3.63, 3.8) is 0 Å². The van der Waals surface area contributed by atoms with Gasteiger partial charge in [0.2, 0.25) is 0 Å². The summed E-state index contributed by atoms with van der Waals surface area (Å²) in [5.41, 5.74) is 1.93. The van der Waals surface area contributed by atoms with E-state index in [0.29, 0.717) is 5.41 Å². The summed E-state index contributed by atoms with van der Waals surface area (Å²) in [6.45, 7) is 4.70. The Morgan fingerprint density at radius 1 is 1.18 bits per heavy atom. The average Bonchev–Trinajstić information content (AvgIpc) is 2.37. The van der Waals surface area contributed by atoms with Gasteiger partial charge in [-0.15, -0.1) is 0 Å². The Morgan fingerprint density at radius 3 is 2.59 bits per heavy atom. The van der Waals surface area contributed by atoms with Gasteiger partial charge in [0, 0.05) is 18.9 Å². The van der Waals surface area contributed by atoms with Crippen LogP contribution in [0.3, 0.4) is 0 Å². The van der Waals surface area contributed by atoms with E-state index < -0.39 is 0 Å². The summed E-state index contributed by atoms with van der Waals surface area (Å²) in [5.74, 6) is 0. The first-order chi connectivity index (χ1) is 8.29. The van der Waals surface area contributed by atoms with Crippen LogP contribution in [0.4, 0.5) is 0 Å². The summed E-state index contributed by atoms with van der Waals surface area (Å²) in [6.07, 6.45) is 11.9. The van der Waals surface area contributed by atoms with E-state index in [1.807, 2.05) is 12.4 Å². The van der Waals surface area contributed by atoms with Crippen LogP contribution >= 0.6 is 0 Å². The van der Waals surface area contributed by atoms with Crippen molar-refractivity contribution in [2.45, 2.75) is 45.4 Å². The fourth-order valence-electron chi connectivity index (χ4n) is 2.75. The summed E-state index contributed by atoms with van der Waals surface area (Å²) in [5, 5.41) is 3.62. The molecule has 0 radical (unpaired) electrons. The van der Waals surface area contributed by atoms with Crippen molar-refractivity contribution in [3.8, 4) is 0 Å². The molecule has 0 unspecified atom stereocenters. The molecule has 1 saturated carbocycles. The normalized spacial score (nSPS) is 19.1. The lowest BCUT2D eigenvalue weighted by atomic mass is 9.76. The lowest BCUT2D eigenvalue weighted by Gasteiger charge is -2.33. The third-order valence-electron chi connectivity index (χ3n) is 3.95. The average molecular weight is 232 g/mol. The van der Waals surface area contributed by atoms with E-state index in [4.69, 9.17) is 0 Å². The molecule has 0 aliphatic heterocycles. The summed E-state index contributed by atoms with van der Waals surface area (Å²) >= 11 is 0. The number of rotatable bonds is 5. The molecule has 1 heterocycles. The van der Waals surface area contributed by atoms with Crippen molar-refractivity contribution in [3.05, 3.63) is 30.1 Å². The van der Waals surface area contributed by atoms with Crippen LogP contribution < -0.4 is 5.32 Å². The molecule has 2 nitrogen and oxygen atoms in total. The lowest BCUT2D eigenvalue weighted by molar-refractivity contribution is 0.208. The fourth-order valence-corrected chi connectivity index (χ4v) is 2.75. The van der Waals surface area contributed by atoms with E-state index >= 15 is 0 Å². The van der Waals surface area contributed by atoms with E-state index in [1.165, 1.54) is 44.2 Å². The van der Waals surface area contributed by atoms with E-state index in [9.17, 15) is 0 Å². The van der Waals surface area contributed by atoms with Crippen molar-refractivity contribution >= 4 is 0 Å². The Labute approximate surface area is 105 Å². The number of pyridine rings is 1. The minimum absolute atomic E-state index is 0.552. The van der Waals surface area contributed by atoms with Gasteiger partial charge in [-0.3, -0.25) is 4.98 Å². The fraction of sp³-hybridized carbons (Fsp3) is 0.667. The van der Waals surface area contributed by atoms with Crippen LogP contribution in [-0.2, 0) is 6.42 Å². The number of hydrogen-bond donors (Lipinski definition) is 1. The van der Waals surface area contributed by atoms with Crippen molar-refractivity contribution in [2.24, 2.45) is 5.41 Å². The SMILES string of the molecule is CC1(CNCCc2ccncc2)CCCCC1. The molecule has 2 heteroatoms. The molecule has 0 atom stereocenters. The quantitative estimate of drug-likeness (QED) is 0.789. The Hall–Kier alpha value is -0.890. The molecule has 17 heavy (non-hydrogen) atoms. The van der Waals surface area contributed by atoms with Gasteiger partial charge in [-0.2, -0.15) is 0 Å². The molecule has 1 aliphatic carbocycles. The maximum absolute atomic E-state index is 4.04. The highest BCUT2D eigenvalue weighted by Gasteiger charge is 2.25. The molecule has 1 fully saturated rings. The minimum atomic E-state index is 0.552. The number of nitrogens with zero attached hydrogens (tertiary/aromatic N) is 1. The van der Waals surface area contributed by atoms with E-state index in [-0.39, 0.29) is 0 Å². The van der Waals surface area contributed by atoms with Crippen LogP contribution in [0.5, 0.6) is 0 Å². The molecule has 0 saturated heterocycles. The molecular formula is C15H24N2. The first-order valence-corrected chi connectivity index (χ1v) is 6.88. The molecule has 2 rings (SSSR count). The highest BCUT2D eigenvalue weighted by Crippen LogP contribution is 2.34. The van der Waals surface area contributed by atoms with Crippen molar-refractivity contribution in [1.29, 1.82) is 0 Å². The standard InChI is InChI=1S/C15H24N2/c1-15(8-3-2-4-9-15)13-17-12-7-14-5-10-16-11-6-14/h5-6,10-11,17H,2-4,7-9,12-13H2,1H3. The molecule has 0 spiro atoms. The molecule has 0 aromatic carbocycles. The molecule has 1 N–H and O–H groups in total. The second-order valence-corrected chi connectivity index (χ2v) is 5.65. The van der Waals surface area contributed by atoms with Gasteiger partial charge in [0.05, 0.1) is 0 Å². The maximum Gasteiger partial charge on any atom is 0.0270 e. The highest BCUT2D eigenvalue weighted by atomic mass is 14.9. The van der Waals surface area contributed by atoms with Gasteiger partial charge in [-0.1, -0.05) is 26.2 Å². The maximum atomic E-state index is 4.04. The largest absolute Gasteiger partial charge is 0.316 e. The van der Waals surface area contributed by atoms with Crippen molar-refractivity contribution in [2.75, 3.05) is 13.1 Å². The zero-order chi connectivity index (χ0) is 12.0. The molecule has 1 aliphatic rings. The Morgan fingerprint density at radius 2 is 1.88 bits per heavy atom. The molecule has 1 aromatic heterocycles. The third-order valence-corrected chi connectivity index (χ3v) is 3.95. The van der Waals surface area contributed by atoms with Gasteiger partial charge in [0.15, 0.2) is 0 Å². The van der Waals surface area contributed by atoms with Crippen LogP contribution in [0.15, 0.2) is 24.5 Å². The van der Waals surface area contributed by atoms with E-state index in [2.05, 4.69) is 29.4 Å². The third kappa shape index (κ3) is 4.12. The molecule has 1 aromatic rings. The van der Waals surface area contributed by atoms with Crippen LogP contribution in [0, 0.1) is 5.41 Å². The zero-order valence-corrected chi connectivity index (χ0v) is 10.9. The molecule has 0 bridgehead atoms. The summed E-state index contributed by atoms with van der Waals surface area (Å²) in [6, 6.07) is 4.20. The molecule has 0 amide bonds. The Kier molecular flexibility index (Phi) is 4.55. The van der Waals surface area contributed by atoms with Crippen LogP contribution in [0.1, 0.15) is 44.6 Å². The summed E-state index contributed by atoms with van der Waals surface area (Å²) in [7, 11) is 0. The van der Waals surface area contributed by atoms with Gasteiger partial charge >= 0.3 is 0 Å². The van der Waals surface area contributed by atoms with Gasteiger partial charge < -0.3 is 5.32 Å². The van der Waals surface area contributed by atoms with Crippen molar-refractivity contribution in [1.82, 2.24) is 10.3 Å². The molecular weight excluding hydrogens is 208 g/mol. The van der Waals surface area contributed by atoms with Gasteiger partial charge in [0.1, 0.15) is 0 Å². The molecule has 94 valence electrons. The van der Waals surface area contributed by atoms with Gasteiger partial charge in [0.25, 0.3) is 0 Å². The number of nitrogens with one attached hydrogen (secondary N) is 1. The first-order valence-electron chi connectivity index (χ1n) is 6.88. The Bertz CT molecular complexity index is 315. The van der Waals surface area contributed by atoms with E-state index in [0.717, 1.165) is 13.0 Å². The Balaban J connectivity index is 1.66. The zero-order valence-electron chi connectivity index (χ0n) is 10.9. The van der Waals surface area contributed by atoms with Crippen molar-refractivity contribution < 1.29 is 0 Å². The lowest BCUT2D eigenvalue weighted by Crippen LogP contribution is -2.34. The van der Waals surface area contributed by atoms with Gasteiger partial charge in [-0.25, -0.2) is 0 Å². The monoisotopic (exact) mass is 232 g/mol. The van der Waals surface area contributed by atoms with Crippen LogP contribution in [-0.4, -0.2) is 18.1 Å². The minimum Gasteiger partial charge on any atom is -0.316 e. The smallest absolute Gasteiger partial charge is 0.0270 e. The van der Waals surface area contributed by atoms with Crippen LogP contribution in [0.25, 0.3) is 0 Å². The predicted octanol–water partition coefficient (Wildman–Crippen LogP) is 3.18. The van der Waals surface area contributed by atoms with E-state index in [1.54, 1.807) is 0 Å². The first kappa shape index (κ1) is 12.6. The second kappa shape index (κ2) is 6.15. The number of hydrogen-bond acceptors (Lipinski definition) is 2. The summed E-state index contributed by atoms with van der Waals surface area (Å²) < 4.78 is 0. The topological polar surface area (TPSA) is 24.9 Å². The summed E-state index contributed by atoms with van der Waals surface area (Å²) in [4.78, 5) is 4.04. The highest BCUT2D eigenvalue weighted by molar-refractivity contribution is 5.09. The van der Waals surface area contributed by atoms with Gasteiger partial charge in [-0.05, 0) is 48.9 Å². The predicted molar refractivity (Wildman–Crippen MR) is 72.0 cm³/mol. The number of aromatic nitrogens is 1. The second-order valence-electron chi connectivity index (χ2n) is 5.65.